The number of methoxy groups -OCH3 is 2. The van der Waals surface area contributed by atoms with Gasteiger partial charge in [-0.1, -0.05) is 72.3 Å². The number of anilines is 2. The van der Waals surface area contributed by atoms with Gasteiger partial charge < -0.3 is 25.4 Å². The van der Waals surface area contributed by atoms with Crippen LogP contribution in [0.3, 0.4) is 0 Å². The average molecular weight is 696 g/mol. The molecule has 0 bridgehead atoms. The molecule has 0 radical (unpaired) electrons. The van der Waals surface area contributed by atoms with Gasteiger partial charge in [-0.2, -0.15) is 0 Å². The van der Waals surface area contributed by atoms with Crippen molar-refractivity contribution >= 4 is 58.5 Å². The van der Waals surface area contributed by atoms with E-state index < -0.39 is 22.9 Å². The monoisotopic (exact) mass is 695 g/mol. The predicted octanol–water partition coefficient (Wildman–Crippen LogP) is 8.38. The quantitative estimate of drug-likeness (QED) is 0.0895. The van der Waals surface area contributed by atoms with E-state index in [4.69, 9.17) is 21.1 Å². The summed E-state index contributed by atoms with van der Waals surface area (Å²) in [7, 11) is 3.05. The summed E-state index contributed by atoms with van der Waals surface area (Å²) in [6.07, 6.45) is 1.19. The van der Waals surface area contributed by atoms with Crippen molar-refractivity contribution < 1.29 is 28.2 Å². The van der Waals surface area contributed by atoms with Crippen molar-refractivity contribution in [3.63, 3.8) is 0 Å². The van der Waals surface area contributed by atoms with Crippen LogP contribution >= 0.6 is 23.4 Å². The molecule has 5 aromatic rings. The molecule has 0 heterocycles. The Bertz CT molecular complexity index is 1970. The van der Waals surface area contributed by atoms with Crippen LogP contribution in [-0.4, -0.2) is 31.9 Å². The molecule has 0 aliphatic heterocycles. The van der Waals surface area contributed by atoms with Crippen LogP contribution < -0.4 is 25.4 Å². The van der Waals surface area contributed by atoms with Crippen LogP contribution in [0.4, 0.5) is 15.8 Å². The molecule has 3 N–H and O–H groups in total. The van der Waals surface area contributed by atoms with Crippen molar-refractivity contribution in [1.29, 1.82) is 0 Å². The van der Waals surface area contributed by atoms with E-state index in [2.05, 4.69) is 16.0 Å². The van der Waals surface area contributed by atoms with Gasteiger partial charge in [-0.05, 0) is 66.2 Å². The van der Waals surface area contributed by atoms with Crippen molar-refractivity contribution in [2.45, 2.75) is 10.1 Å². The summed E-state index contributed by atoms with van der Waals surface area (Å²) in [6.45, 7) is 0. The molecule has 0 aliphatic carbocycles. The lowest BCUT2D eigenvalue weighted by molar-refractivity contribution is -0.116. The lowest BCUT2D eigenvalue weighted by atomic mass is 10.1. The number of halogens is 2. The molecule has 0 saturated heterocycles. The average Bonchev–Trinajstić information content (AvgIpc) is 3.12. The first-order valence-electron chi connectivity index (χ1n) is 14.9. The minimum atomic E-state index is -0.715. The smallest absolute Gasteiger partial charge is 0.272 e. The van der Waals surface area contributed by atoms with E-state index >= 15 is 0 Å². The van der Waals surface area contributed by atoms with E-state index in [9.17, 15) is 18.8 Å². The maximum absolute atomic E-state index is 14.7. The number of rotatable bonds is 12. The number of hydrogen-bond acceptors (Lipinski definition) is 6. The molecule has 0 aromatic heterocycles. The molecule has 0 fully saturated rings. The molecule has 8 nitrogen and oxygen atoms in total. The second-order valence-electron chi connectivity index (χ2n) is 10.5. The predicted molar refractivity (Wildman–Crippen MR) is 192 cm³/mol. The summed E-state index contributed by atoms with van der Waals surface area (Å²) in [5.74, 6) is -1.24. The molecular weight excluding hydrogens is 665 g/mol. The largest absolute Gasteiger partial charge is 0.497 e. The summed E-state index contributed by atoms with van der Waals surface area (Å²) >= 11 is 7.51. The fourth-order valence-electron chi connectivity index (χ4n) is 4.73. The highest BCUT2D eigenvalue weighted by atomic mass is 35.5. The number of carbonyl (C=O) groups excluding carboxylic acids is 3. The fraction of sp³-hybridized carbons (Fsp3) is 0.0789. The number of benzene rings is 5. The molecule has 5 aromatic carbocycles. The molecule has 0 saturated carbocycles. The lowest BCUT2D eigenvalue weighted by Gasteiger charge is -2.19. The Labute approximate surface area is 292 Å². The standard InChI is InChI=1S/C38H31ClFN3O5S/c1-47-27-19-20-34(48-2)32(22-27)42-38(46)35(24-11-5-3-6-12-24)49-28-16-9-15-26(21-28)41-37(45)33(23-29-30(39)17-10-18-31(29)40)43-36(44)25-13-7-4-8-14-25/h3-23,35H,1-2H3,(H,41,45)(H,42,46)(H,43,44)/b33-23+. The minimum absolute atomic E-state index is 0.0589. The first-order chi connectivity index (χ1) is 23.7. The van der Waals surface area contributed by atoms with Crippen LogP contribution in [0.1, 0.15) is 26.7 Å². The van der Waals surface area contributed by atoms with Crippen LogP contribution in [-0.2, 0) is 9.59 Å². The maximum Gasteiger partial charge on any atom is 0.272 e. The number of hydrogen-bond donors (Lipinski definition) is 3. The van der Waals surface area contributed by atoms with Gasteiger partial charge in [-0.3, -0.25) is 14.4 Å². The van der Waals surface area contributed by atoms with E-state index in [0.717, 1.165) is 5.56 Å². The highest BCUT2D eigenvalue weighted by Crippen LogP contribution is 2.38. The Morgan fingerprint density at radius 2 is 1.51 bits per heavy atom. The Hall–Kier alpha value is -5.58. The molecule has 3 amide bonds. The van der Waals surface area contributed by atoms with Gasteiger partial charge in [-0.15, -0.1) is 11.8 Å². The number of thioether (sulfide) groups is 1. The van der Waals surface area contributed by atoms with E-state index in [-0.39, 0.29) is 22.2 Å². The first kappa shape index (κ1) is 34.7. The Balaban J connectivity index is 1.41. The number of amides is 3. The highest BCUT2D eigenvalue weighted by molar-refractivity contribution is 8.00. The summed E-state index contributed by atoms with van der Waals surface area (Å²) < 4.78 is 25.5. The van der Waals surface area contributed by atoms with Gasteiger partial charge >= 0.3 is 0 Å². The Morgan fingerprint density at radius 1 is 0.796 bits per heavy atom. The van der Waals surface area contributed by atoms with Gasteiger partial charge in [0.05, 0.1) is 24.9 Å². The van der Waals surface area contributed by atoms with Crippen molar-refractivity contribution in [2.24, 2.45) is 0 Å². The topological polar surface area (TPSA) is 106 Å². The van der Waals surface area contributed by atoms with Crippen LogP contribution in [0.15, 0.2) is 132 Å². The number of carbonyl (C=O) groups is 3. The van der Waals surface area contributed by atoms with Gasteiger partial charge in [0.2, 0.25) is 5.91 Å². The molecule has 1 atom stereocenters. The van der Waals surface area contributed by atoms with Gasteiger partial charge in [0.1, 0.15) is 28.3 Å². The third kappa shape index (κ3) is 9.07. The zero-order valence-electron chi connectivity index (χ0n) is 26.4. The van der Waals surface area contributed by atoms with Crippen molar-refractivity contribution in [3.05, 3.63) is 155 Å². The highest BCUT2D eigenvalue weighted by Gasteiger charge is 2.24. The van der Waals surface area contributed by atoms with E-state index in [0.29, 0.717) is 33.3 Å². The van der Waals surface area contributed by atoms with Crippen LogP contribution in [0.2, 0.25) is 5.02 Å². The molecule has 11 heteroatoms. The second-order valence-corrected chi connectivity index (χ2v) is 12.0. The van der Waals surface area contributed by atoms with Gasteiger partial charge in [0.25, 0.3) is 11.8 Å². The fourth-order valence-corrected chi connectivity index (χ4v) is 6.03. The summed E-state index contributed by atoms with van der Waals surface area (Å²) in [6, 6.07) is 33.7. The van der Waals surface area contributed by atoms with Crippen LogP contribution in [0.25, 0.3) is 6.08 Å². The molecule has 248 valence electrons. The first-order valence-corrected chi connectivity index (χ1v) is 16.2. The number of nitrogens with one attached hydrogen (secondary N) is 3. The zero-order valence-corrected chi connectivity index (χ0v) is 28.0. The molecule has 0 aliphatic rings. The van der Waals surface area contributed by atoms with Gasteiger partial charge in [0, 0.05) is 27.8 Å². The SMILES string of the molecule is COc1ccc(OC)c(NC(=O)C(Sc2cccc(NC(=O)/C(=C\c3c(F)cccc3Cl)NC(=O)c3ccccc3)c2)c2ccccc2)c1. The normalized spacial score (nSPS) is 11.6. The summed E-state index contributed by atoms with van der Waals surface area (Å²) in [4.78, 5) is 41.1. The third-order valence-corrected chi connectivity index (χ3v) is 8.75. The van der Waals surface area contributed by atoms with E-state index in [1.165, 1.54) is 50.3 Å². The molecule has 1 unspecified atom stereocenters. The van der Waals surface area contributed by atoms with Crippen LogP contribution in [0.5, 0.6) is 11.5 Å². The van der Waals surface area contributed by atoms with Gasteiger partial charge in [-0.25, -0.2) is 4.39 Å². The minimum Gasteiger partial charge on any atom is -0.497 e. The van der Waals surface area contributed by atoms with E-state index in [1.54, 1.807) is 66.7 Å². The van der Waals surface area contributed by atoms with E-state index in [1.807, 2.05) is 36.4 Å². The molecule has 5 rings (SSSR count). The molecular formula is C38H31ClFN3O5S. The Kier molecular flexibility index (Phi) is 11.7. The lowest BCUT2D eigenvalue weighted by Crippen LogP contribution is -2.30. The second kappa shape index (κ2) is 16.5. The third-order valence-electron chi connectivity index (χ3n) is 7.17. The Morgan fingerprint density at radius 3 is 2.20 bits per heavy atom. The summed E-state index contributed by atoms with van der Waals surface area (Å²) in [5.41, 5.74) is 1.58. The molecule has 49 heavy (non-hydrogen) atoms. The number of ether oxygens (including phenoxy) is 2. The maximum atomic E-state index is 14.7. The summed E-state index contributed by atoms with van der Waals surface area (Å²) in [5, 5.41) is 7.68. The van der Waals surface area contributed by atoms with Crippen molar-refractivity contribution in [2.75, 3.05) is 24.9 Å². The van der Waals surface area contributed by atoms with Gasteiger partial charge in [0.15, 0.2) is 0 Å². The molecule has 0 spiro atoms. The zero-order chi connectivity index (χ0) is 34.8. The van der Waals surface area contributed by atoms with Crippen molar-refractivity contribution in [1.82, 2.24) is 5.32 Å². The van der Waals surface area contributed by atoms with Crippen LogP contribution in [0, 0.1) is 5.82 Å². The van der Waals surface area contributed by atoms with Crippen molar-refractivity contribution in [3.8, 4) is 11.5 Å².